The maximum absolute atomic E-state index is 5.74. The number of rotatable bonds is 3. The van der Waals surface area contributed by atoms with E-state index in [-0.39, 0.29) is 0 Å². The number of hydrogen-bond acceptors (Lipinski definition) is 4. The summed E-state index contributed by atoms with van der Waals surface area (Å²) >= 11 is 0. The van der Waals surface area contributed by atoms with Crippen molar-refractivity contribution in [3.8, 4) is 11.3 Å². The Balaban J connectivity index is 2.00. The van der Waals surface area contributed by atoms with Crippen molar-refractivity contribution in [3.63, 3.8) is 0 Å². The third kappa shape index (κ3) is 2.67. The van der Waals surface area contributed by atoms with Crippen LogP contribution in [0, 0.1) is 0 Å². The van der Waals surface area contributed by atoms with Crippen LogP contribution in [0.1, 0.15) is 11.1 Å². The molecular weight excluding hydrogens is 290 g/mol. The molecule has 23 heavy (non-hydrogen) atoms. The second kappa shape index (κ2) is 5.72. The van der Waals surface area contributed by atoms with Crippen molar-refractivity contribution in [1.82, 2.24) is 4.98 Å². The molecule has 0 amide bonds. The van der Waals surface area contributed by atoms with Crippen LogP contribution in [0.3, 0.4) is 0 Å². The fourth-order valence-corrected chi connectivity index (χ4v) is 2.41. The highest BCUT2D eigenvalue weighted by atomic mass is 15.2. The van der Waals surface area contributed by atoms with Crippen molar-refractivity contribution in [2.75, 3.05) is 0 Å². The Morgan fingerprint density at radius 2 is 1.39 bits per heavy atom. The minimum Gasteiger partial charge on any atom is -0.382 e. The summed E-state index contributed by atoms with van der Waals surface area (Å²) in [5.74, 6) is 11.0. The minimum atomic E-state index is 0.295. The number of nitrogens with one attached hydrogen (secondary N) is 1. The van der Waals surface area contributed by atoms with Crippen molar-refractivity contribution >= 4 is 22.6 Å². The van der Waals surface area contributed by atoms with Gasteiger partial charge >= 0.3 is 0 Å². The molecule has 0 atom stereocenters. The highest BCUT2D eigenvalue weighted by Gasteiger charge is 2.07. The quantitative estimate of drug-likeness (QED) is 0.213. The molecule has 7 nitrogen and oxygen atoms in total. The molecule has 0 saturated carbocycles. The van der Waals surface area contributed by atoms with Crippen molar-refractivity contribution in [2.45, 2.75) is 0 Å². The molecule has 2 aromatic carbocycles. The van der Waals surface area contributed by atoms with E-state index in [1.165, 1.54) is 0 Å². The lowest BCUT2D eigenvalue weighted by molar-refractivity contribution is 1.23. The van der Waals surface area contributed by atoms with E-state index in [9.17, 15) is 0 Å². The Kier molecular flexibility index (Phi) is 3.60. The maximum Gasteiger partial charge on any atom is 0.150 e. The summed E-state index contributed by atoms with van der Waals surface area (Å²) in [5, 5.41) is 8.07. The van der Waals surface area contributed by atoms with Gasteiger partial charge in [0.2, 0.25) is 0 Å². The molecule has 0 aliphatic heterocycles. The highest BCUT2D eigenvalue weighted by molar-refractivity contribution is 6.01. The first-order chi connectivity index (χ1) is 11.1. The average molecular weight is 307 g/mol. The van der Waals surface area contributed by atoms with E-state index >= 15 is 0 Å². The predicted molar refractivity (Wildman–Crippen MR) is 93.6 cm³/mol. The number of nitrogens with two attached hydrogens (primary N) is 4. The molecule has 0 spiro atoms. The van der Waals surface area contributed by atoms with Crippen LogP contribution in [0.5, 0.6) is 0 Å². The average Bonchev–Trinajstić information content (AvgIpc) is 3.03. The largest absolute Gasteiger partial charge is 0.382 e. The van der Waals surface area contributed by atoms with Gasteiger partial charge in [-0.1, -0.05) is 36.4 Å². The van der Waals surface area contributed by atoms with Crippen LogP contribution in [0.15, 0.2) is 58.7 Å². The van der Waals surface area contributed by atoms with Crippen LogP contribution in [-0.4, -0.2) is 16.7 Å². The molecule has 3 aromatic rings. The van der Waals surface area contributed by atoms with Crippen molar-refractivity contribution in [3.05, 3.63) is 59.7 Å². The monoisotopic (exact) mass is 307 g/mol. The Hall–Kier alpha value is -3.48. The summed E-state index contributed by atoms with van der Waals surface area (Å²) in [4.78, 5) is 3.36. The molecule has 0 radical (unpaired) electrons. The minimum absolute atomic E-state index is 0.295. The lowest BCUT2D eigenvalue weighted by Crippen LogP contribution is -2.15. The molecule has 0 unspecified atom stereocenters. The Morgan fingerprint density at radius 1 is 0.783 bits per heavy atom. The number of amidine groups is 2. The number of fused-ring (bicyclic) bond motifs is 1. The zero-order chi connectivity index (χ0) is 16.4. The molecule has 3 rings (SSSR count). The fourth-order valence-electron chi connectivity index (χ4n) is 2.41. The molecule has 0 fully saturated rings. The first-order valence-corrected chi connectivity index (χ1v) is 6.93. The first-order valence-electron chi connectivity index (χ1n) is 6.93. The second-order valence-corrected chi connectivity index (χ2v) is 5.09. The Labute approximate surface area is 132 Å². The standard InChI is InChI=1S/C16H17N7/c17-15(22-19)10-3-1-9(2-4-10)13-7-11-5-6-12(16(18)23-20)8-14(11)21-13/h1-8,21H,19-20H2,(H2,17,22)(H2,18,23). The number of aromatic amines is 1. The Bertz CT molecular complexity index is 904. The molecule has 1 aromatic heterocycles. The van der Waals surface area contributed by atoms with E-state index in [4.69, 9.17) is 23.2 Å². The predicted octanol–water partition coefficient (Wildman–Crippen LogP) is 0.993. The lowest BCUT2D eigenvalue weighted by Gasteiger charge is -2.01. The normalized spacial score (nSPS) is 12.7. The van der Waals surface area contributed by atoms with Crippen LogP contribution in [0.4, 0.5) is 0 Å². The van der Waals surface area contributed by atoms with Gasteiger partial charge in [-0.25, -0.2) is 0 Å². The van der Waals surface area contributed by atoms with Crippen LogP contribution >= 0.6 is 0 Å². The smallest absolute Gasteiger partial charge is 0.150 e. The summed E-state index contributed by atoms with van der Waals surface area (Å²) in [6.45, 7) is 0. The zero-order valence-corrected chi connectivity index (χ0v) is 12.3. The van der Waals surface area contributed by atoms with E-state index in [2.05, 4.69) is 21.3 Å². The number of H-pyrrole nitrogens is 1. The number of hydrogen-bond donors (Lipinski definition) is 5. The van der Waals surface area contributed by atoms with Crippen LogP contribution < -0.4 is 23.2 Å². The van der Waals surface area contributed by atoms with E-state index in [1.54, 1.807) is 0 Å². The van der Waals surface area contributed by atoms with Gasteiger partial charge in [0.1, 0.15) is 11.7 Å². The molecular formula is C16H17N7. The highest BCUT2D eigenvalue weighted by Crippen LogP contribution is 2.25. The van der Waals surface area contributed by atoms with E-state index < -0.39 is 0 Å². The van der Waals surface area contributed by atoms with Gasteiger partial charge < -0.3 is 28.1 Å². The zero-order valence-electron chi connectivity index (χ0n) is 12.3. The van der Waals surface area contributed by atoms with Crippen LogP contribution in [0.25, 0.3) is 22.2 Å². The molecule has 7 heteroatoms. The molecule has 0 aliphatic rings. The van der Waals surface area contributed by atoms with Crippen LogP contribution in [-0.2, 0) is 0 Å². The number of benzene rings is 2. The summed E-state index contributed by atoms with van der Waals surface area (Å²) in [5.41, 5.74) is 15.9. The summed E-state index contributed by atoms with van der Waals surface area (Å²) in [7, 11) is 0. The van der Waals surface area contributed by atoms with Crippen molar-refractivity contribution in [1.29, 1.82) is 0 Å². The third-order valence-electron chi connectivity index (χ3n) is 3.69. The number of hydrazone groups is 2. The molecule has 0 saturated heterocycles. The van der Waals surface area contributed by atoms with Crippen molar-refractivity contribution in [2.24, 2.45) is 33.4 Å². The number of aromatic nitrogens is 1. The van der Waals surface area contributed by atoms with E-state index in [0.717, 1.165) is 33.3 Å². The molecule has 9 N–H and O–H groups in total. The summed E-state index contributed by atoms with van der Waals surface area (Å²) < 4.78 is 0. The Morgan fingerprint density at radius 3 is 2.04 bits per heavy atom. The summed E-state index contributed by atoms with van der Waals surface area (Å²) in [6.07, 6.45) is 0. The van der Waals surface area contributed by atoms with Gasteiger partial charge in [0.15, 0.2) is 0 Å². The van der Waals surface area contributed by atoms with Gasteiger partial charge in [0.25, 0.3) is 0 Å². The second-order valence-electron chi connectivity index (χ2n) is 5.09. The van der Waals surface area contributed by atoms with E-state index in [0.29, 0.717) is 11.7 Å². The molecule has 0 bridgehead atoms. The third-order valence-corrected chi connectivity index (χ3v) is 3.69. The van der Waals surface area contributed by atoms with Gasteiger partial charge in [-0.3, -0.25) is 0 Å². The summed E-state index contributed by atoms with van der Waals surface area (Å²) in [6, 6.07) is 15.5. The molecule has 116 valence electrons. The molecule has 1 heterocycles. The fraction of sp³-hybridized carbons (Fsp3) is 0. The van der Waals surface area contributed by atoms with Gasteiger partial charge in [-0.05, 0) is 17.7 Å². The van der Waals surface area contributed by atoms with Gasteiger partial charge in [-0.2, -0.15) is 10.2 Å². The van der Waals surface area contributed by atoms with Gasteiger partial charge in [0, 0.05) is 27.7 Å². The lowest BCUT2D eigenvalue weighted by atomic mass is 10.1. The van der Waals surface area contributed by atoms with Crippen LogP contribution in [0.2, 0.25) is 0 Å². The van der Waals surface area contributed by atoms with Gasteiger partial charge in [0.05, 0.1) is 0 Å². The van der Waals surface area contributed by atoms with Gasteiger partial charge in [-0.15, -0.1) is 0 Å². The van der Waals surface area contributed by atoms with E-state index in [1.807, 2.05) is 42.5 Å². The SMILES string of the molecule is N/N=C(\N)c1ccc(-c2cc3ccc(/C(N)=N/N)cc3[nH]2)cc1. The number of nitrogens with zero attached hydrogens (tertiary/aromatic N) is 2. The first kappa shape index (κ1) is 14.5. The van der Waals surface area contributed by atoms with Crippen molar-refractivity contribution < 1.29 is 0 Å². The topological polar surface area (TPSA) is 145 Å². The maximum atomic E-state index is 5.74. The molecule has 0 aliphatic carbocycles.